The number of epoxide rings is 1. The second kappa shape index (κ2) is 12.5. The van der Waals surface area contributed by atoms with Gasteiger partial charge in [0.2, 0.25) is 0 Å². The summed E-state index contributed by atoms with van der Waals surface area (Å²) in [6.07, 6.45) is 1.73. The Morgan fingerprint density at radius 3 is 2.73 bits per heavy atom. The minimum atomic E-state index is -1.26. The predicted molar refractivity (Wildman–Crippen MR) is 139 cm³/mol. The molecule has 2 fully saturated rings. The highest BCUT2D eigenvalue weighted by Gasteiger charge is 2.44. The molecule has 3 rings (SSSR count). The average Bonchev–Trinajstić information content (AvgIpc) is 3.43. The van der Waals surface area contributed by atoms with Gasteiger partial charge in [-0.1, -0.05) is 39.2 Å². The van der Waals surface area contributed by atoms with E-state index in [2.05, 4.69) is 15.0 Å². The van der Waals surface area contributed by atoms with Gasteiger partial charge in [-0.05, 0) is 42.9 Å². The first-order valence-electron chi connectivity index (χ1n) is 12.8. The lowest BCUT2D eigenvalue weighted by molar-refractivity contribution is -0.154. The van der Waals surface area contributed by atoms with Crippen molar-refractivity contribution in [2.45, 2.75) is 104 Å². The van der Waals surface area contributed by atoms with E-state index in [0.717, 1.165) is 24.8 Å². The molecule has 0 bridgehead atoms. The number of carbonyl (C=O) groups excluding carboxylic acids is 2. The summed E-state index contributed by atoms with van der Waals surface area (Å²) in [4.78, 5) is 33.3. The highest BCUT2D eigenvalue weighted by Crippen LogP contribution is 2.36. The number of azide groups is 1. The molecule has 0 aromatic carbocycles. The molecule has 204 valence electrons. The molecule has 2 aliphatic rings. The third-order valence-electron chi connectivity index (χ3n) is 7.61. The zero-order chi connectivity index (χ0) is 27.3. The van der Waals surface area contributed by atoms with Gasteiger partial charge in [0.25, 0.3) is 0 Å². The van der Waals surface area contributed by atoms with E-state index < -0.39 is 35.6 Å². The number of nitrogens with zero attached hydrogens (tertiary/aromatic N) is 4. The van der Waals surface area contributed by atoms with Crippen LogP contribution in [0, 0.1) is 17.3 Å². The van der Waals surface area contributed by atoms with Crippen LogP contribution in [0.5, 0.6) is 0 Å². The van der Waals surface area contributed by atoms with E-state index in [4.69, 9.17) is 15.0 Å². The molecule has 2 N–H and O–H groups in total. The van der Waals surface area contributed by atoms with E-state index in [9.17, 15) is 19.8 Å². The summed E-state index contributed by atoms with van der Waals surface area (Å²) in [7, 11) is 0. The highest BCUT2D eigenvalue weighted by atomic mass is 32.1. The van der Waals surface area contributed by atoms with Crippen LogP contribution in [-0.4, -0.2) is 57.5 Å². The average molecular weight is 535 g/mol. The second-order valence-electron chi connectivity index (χ2n) is 10.9. The molecule has 0 saturated carbocycles. The molecule has 1 unspecified atom stereocenters. The molecular formula is C26H38N4O6S. The Labute approximate surface area is 221 Å². The number of aliphatic hydroxyl groups is 2. The van der Waals surface area contributed by atoms with E-state index in [1.807, 2.05) is 25.3 Å². The van der Waals surface area contributed by atoms with Gasteiger partial charge < -0.3 is 19.7 Å². The fraction of sp³-hybridized carbons (Fsp3) is 0.731. The van der Waals surface area contributed by atoms with Crippen molar-refractivity contribution < 1.29 is 29.3 Å². The lowest BCUT2D eigenvalue weighted by Gasteiger charge is -2.34. The zero-order valence-corrected chi connectivity index (χ0v) is 23.0. The fourth-order valence-corrected chi connectivity index (χ4v) is 5.56. The number of Topliss-reactive ketones (excluding diaryl/α,β-unsaturated/α-hetero) is 1. The minimum absolute atomic E-state index is 0.0490. The van der Waals surface area contributed by atoms with E-state index in [1.165, 1.54) is 11.3 Å². The standard InChI is InChI=1S/C26H38N4O6S/c1-14-7-6-8-18-20(35-18)10-19(15(2)9-17-13-37-22(29-17)12-28-30-27)36-23(32)11-21(31)26(4,5)25(34)16(3)24(14)33/h9,13-14,16,18-21,24,31,33H,6-8,10-12H2,1-5H3/b15-9+/t14-,16+,18?,19-,20-,21-,24-/m0/s1. The summed E-state index contributed by atoms with van der Waals surface area (Å²) in [6, 6.07) is 0. The zero-order valence-electron chi connectivity index (χ0n) is 22.2. The molecule has 37 heavy (non-hydrogen) atoms. The fourth-order valence-electron chi connectivity index (χ4n) is 4.89. The van der Waals surface area contributed by atoms with E-state index >= 15 is 0 Å². The third kappa shape index (κ3) is 7.61. The van der Waals surface area contributed by atoms with Gasteiger partial charge in [-0.2, -0.15) is 0 Å². The Bertz CT molecular complexity index is 1050. The summed E-state index contributed by atoms with van der Waals surface area (Å²) < 4.78 is 11.7. The van der Waals surface area contributed by atoms with Gasteiger partial charge in [0.1, 0.15) is 11.9 Å². The Morgan fingerprint density at radius 1 is 1.30 bits per heavy atom. The molecule has 2 aliphatic heterocycles. The van der Waals surface area contributed by atoms with Crippen LogP contribution in [0.25, 0.3) is 16.5 Å². The SMILES string of the molecule is C/C(=C\c1csc(CN=[N+]=[N-])n1)[C@@H]1C[C@@H]2OC2CCC[C@H](C)[C@H](O)[C@@H](C)C(=O)C(C)(C)[C@@H](O)CC(=O)O1. The number of rotatable bonds is 4. The molecule has 10 nitrogen and oxygen atoms in total. The summed E-state index contributed by atoms with van der Waals surface area (Å²) in [5.74, 6) is -1.65. The first-order valence-corrected chi connectivity index (χ1v) is 13.7. The molecule has 2 saturated heterocycles. The number of hydrogen-bond donors (Lipinski definition) is 2. The number of ketones is 1. The van der Waals surface area contributed by atoms with E-state index in [0.29, 0.717) is 17.1 Å². The van der Waals surface area contributed by atoms with Crippen LogP contribution in [-0.2, 0) is 25.6 Å². The predicted octanol–water partition coefficient (Wildman–Crippen LogP) is 4.59. The van der Waals surface area contributed by atoms with Crippen molar-refractivity contribution in [1.29, 1.82) is 0 Å². The topological polar surface area (TPSA) is 158 Å². The number of aromatic nitrogens is 1. The van der Waals surface area contributed by atoms with Crippen LogP contribution in [0.4, 0.5) is 0 Å². The van der Waals surface area contributed by atoms with Gasteiger partial charge in [0.15, 0.2) is 0 Å². The van der Waals surface area contributed by atoms with Crippen LogP contribution in [0.3, 0.4) is 0 Å². The maximum atomic E-state index is 13.2. The van der Waals surface area contributed by atoms with Gasteiger partial charge in [-0.15, -0.1) is 11.3 Å². The number of ether oxygens (including phenoxy) is 2. The molecule has 3 heterocycles. The molecule has 11 heteroatoms. The van der Waals surface area contributed by atoms with Crippen LogP contribution in [0.1, 0.15) is 77.4 Å². The summed E-state index contributed by atoms with van der Waals surface area (Å²) >= 11 is 1.38. The van der Waals surface area contributed by atoms with Crippen LogP contribution in [0.2, 0.25) is 0 Å². The molecule has 1 aromatic heterocycles. The van der Waals surface area contributed by atoms with E-state index in [-0.39, 0.29) is 36.9 Å². The maximum Gasteiger partial charge on any atom is 0.309 e. The van der Waals surface area contributed by atoms with E-state index in [1.54, 1.807) is 20.8 Å². The molecule has 0 spiro atoms. The lowest BCUT2D eigenvalue weighted by Crippen LogP contribution is -2.45. The van der Waals surface area contributed by atoms with Gasteiger partial charge in [0, 0.05) is 22.6 Å². The number of fused-ring (bicyclic) bond motifs is 1. The first kappa shape index (κ1) is 29.3. The maximum absolute atomic E-state index is 13.2. The summed E-state index contributed by atoms with van der Waals surface area (Å²) in [6.45, 7) is 8.85. The van der Waals surface area contributed by atoms with Crippen molar-refractivity contribution in [2.24, 2.45) is 22.4 Å². The molecule has 0 radical (unpaired) electrons. The van der Waals surface area contributed by atoms with Crippen molar-refractivity contribution in [3.05, 3.63) is 32.1 Å². The molecule has 7 atom stereocenters. The van der Waals surface area contributed by atoms with Crippen molar-refractivity contribution in [3.8, 4) is 0 Å². The van der Waals surface area contributed by atoms with Crippen molar-refractivity contribution in [3.63, 3.8) is 0 Å². The number of hydrogen-bond acceptors (Lipinski definition) is 9. The Kier molecular flexibility index (Phi) is 9.88. The molecule has 1 aromatic rings. The van der Waals surface area contributed by atoms with Crippen LogP contribution < -0.4 is 0 Å². The number of cyclic esters (lactones) is 1. The monoisotopic (exact) mass is 534 g/mol. The smallest absolute Gasteiger partial charge is 0.309 e. The quantitative estimate of drug-likeness (QED) is 0.188. The van der Waals surface area contributed by atoms with Crippen molar-refractivity contribution in [2.75, 3.05) is 0 Å². The molecular weight excluding hydrogens is 496 g/mol. The van der Waals surface area contributed by atoms with Crippen molar-refractivity contribution in [1.82, 2.24) is 4.98 Å². The highest BCUT2D eigenvalue weighted by molar-refractivity contribution is 7.09. The largest absolute Gasteiger partial charge is 0.458 e. The van der Waals surface area contributed by atoms with Crippen LogP contribution >= 0.6 is 11.3 Å². The molecule has 0 amide bonds. The number of aliphatic hydroxyl groups excluding tert-OH is 2. The summed E-state index contributed by atoms with van der Waals surface area (Å²) in [5, 5.41) is 27.7. The summed E-state index contributed by atoms with van der Waals surface area (Å²) in [5.41, 5.74) is 8.74. The Balaban J connectivity index is 1.81. The third-order valence-corrected chi connectivity index (χ3v) is 8.47. The van der Waals surface area contributed by atoms with Gasteiger partial charge in [-0.3, -0.25) is 9.59 Å². The van der Waals surface area contributed by atoms with Gasteiger partial charge >= 0.3 is 5.97 Å². The van der Waals surface area contributed by atoms with Gasteiger partial charge in [-0.25, -0.2) is 4.98 Å². The first-order chi connectivity index (χ1) is 17.4. The van der Waals surface area contributed by atoms with Crippen molar-refractivity contribution >= 4 is 29.2 Å². The number of thiazole rings is 1. The minimum Gasteiger partial charge on any atom is -0.458 e. The Morgan fingerprint density at radius 2 is 2.03 bits per heavy atom. The van der Waals surface area contributed by atoms with Gasteiger partial charge in [0.05, 0.1) is 53.5 Å². The normalized spacial score (nSPS) is 33.7. The number of esters is 1. The number of carbonyl (C=O) groups is 2. The van der Waals surface area contributed by atoms with Crippen LogP contribution in [0.15, 0.2) is 16.1 Å². The second-order valence-corrected chi connectivity index (χ2v) is 11.8. The lowest BCUT2D eigenvalue weighted by atomic mass is 9.73. The molecule has 0 aliphatic carbocycles. The Hall–Kier alpha value is -2.30.